The molecule has 0 bridgehead atoms. The van der Waals surface area contributed by atoms with Crippen molar-refractivity contribution in [1.29, 1.82) is 0 Å². The van der Waals surface area contributed by atoms with Crippen molar-refractivity contribution in [2.75, 3.05) is 18.9 Å². The Morgan fingerprint density at radius 3 is 2.42 bits per heavy atom. The van der Waals surface area contributed by atoms with Gasteiger partial charge in [0.05, 0.1) is 11.5 Å². The summed E-state index contributed by atoms with van der Waals surface area (Å²) in [5.41, 5.74) is 2.39. The molecule has 1 amide bonds. The Hall–Kier alpha value is -2.93. The van der Waals surface area contributed by atoms with E-state index in [0.717, 1.165) is 11.1 Å². The molecule has 0 unspecified atom stereocenters. The van der Waals surface area contributed by atoms with Crippen molar-refractivity contribution >= 4 is 17.3 Å². The summed E-state index contributed by atoms with van der Waals surface area (Å²) in [4.78, 5) is 22.3. The predicted molar refractivity (Wildman–Crippen MR) is 91.0 cm³/mol. The number of hydrogen-bond acceptors (Lipinski definition) is 5. The maximum atomic E-state index is 11.6. The summed E-state index contributed by atoms with van der Waals surface area (Å²) in [6.07, 6.45) is 0.681. The SMILES string of the molecule is CNC(=O)c1ccc(NCCc2ccc(CO)cc2)c([N+](=O)[O-])c1. The quantitative estimate of drug-likeness (QED) is 0.533. The fourth-order valence-corrected chi connectivity index (χ4v) is 2.27. The van der Waals surface area contributed by atoms with Gasteiger partial charge in [-0.3, -0.25) is 14.9 Å². The Kier molecular flexibility index (Phi) is 5.86. The fourth-order valence-electron chi connectivity index (χ4n) is 2.27. The van der Waals surface area contributed by atoms with Gasteiger partial charge in [0.1, 0.15) is 5.69 Å². The average Bonchev–Trinajstić information content (AvgIpc) is 2.61. The van der Waals surface area contributed by atoms with E-state index in [-0.39, 0.29) is 23.8 Å². The molecule has 0 aliphatic rings. The first-order valence-electron chi connectivity index (χ1n) is 7.48. The van der Waals surface area contributed by atoms with E-state index in [1.54, 1.807) is 6.07 Å². The first-order valence-corrected chi connectivity index (χ1v) is 7.48. The number of carbonyl (C=O) groups excluding carboxylic acids is 1. The number of nitro groups is 1. The largest absolute Gasteiger partial charge is 0.392 e. The van der Waals surface area contributed by atoms with E-state index >= 15 is 0 Å². The van der Waals surface area contributed by atoms with Gasteiger partial charge in [-0.2, -0.15) is 0 Å². The van der Waals surface area contributed by atoms with Gasteiger partial charge in [-0.1, -0.05) is 24.3 Å². The molecule has 2 rings (SSSR count). The van der Waals surface area contributed by atoms with E-state index in [9.17, 15) is 14.9 Å². The molecule has 7 nitrogen and oxygen atoms in total. The van der Waals surface area contributed by atoms with Crippen LogP contribution in [-0.4, -0.2) is 29.5 Å². The molecule has 0 aliphatic carbocycles. The highest BCUT2D eigenvalue weighted by Gasteiger charge is 2.16. The van der Waals surface area contributed by atoms with Gasteiger partial charge in [0.15, 0.2) is 0 Å². The highest BCUT2D eigenvalue weighted by atomic mass is 16.6. The van der Waals surface area contributed by atoms with Crippen LogP contribution in [-0.2, 0) is 13.0 Å². The lowest BCUT2D eigenvalue weighted by molar-refractivity contribution is -0.384. The molecule has 0 atom stereocenters. The second-order valence-electron chi connectivity index (χ2n) is 5.22. The van der Waals surface area contributed by atoms with E-state index in [2.05, 4.69) is 10.6 Å². The molecule has 7 heteroatoms. The normalized spacial score (nSPS) is 10.2. The number of nitrogens with zero attached hydrogens (tertiary/aromatic N) is 1. The number of rotatable bonds is 7. The summed E-state index contributed by atoms with van der Waals surface area (Å²) >= 11 is 0. The minimum absolute atomic E-state index is 0.00239. The van der Waals surface area contributed by atoms with Gasteiger partial charge in [-0.15, -0.1) is 0 Å². The van der Waals surface area contributed by atoms with Crippen LogP contribution in [0.15, 0.2) is 42.5 Å². The Balaban J connectivity index is 2.05. The van der Waals surface area contributed by atoms with Crippen LogP contribution in [0.3, 0.4) is 0 Å². The lowest BCUT2D eigenvalue weighted by Crippen LogP contribution is -2.18. The third-order valence-electron chi connectivity index (χ3n) is 3.62. The molecule has 0 aliphatic heterocycles. The molecule has 126 valence electrons. The number of benzene rings is 2. The number of carbonyl (C=O) groups is 1. The molecule has 0 saturated carbocycles. The zero-order valence-electron chi connectivity index (χ0n) is 13.3. The minimum atomic E-state index is -0.509. The number of anilines is 1. The maximum Gasteiger partial charge on any atom is 0.293 e. The number of hydrogen-bond donors (Lipinski definition) is 3. The van der Waals surface area contributed by atoms with Gasteiger partial charge in [0.2, 0.25) is 0 Å². The highest BCUT2D eigenvalue weighted by molar-refractivity contribution is 5.95. The van der Waals surface area contributed by atoms with Gasteiger partial charge in [-0.25, -0.2) is 0 Å². The van der Waals surface area contributed by atoms with Gasteiger partial charge in [-0.05, 0) is 29.7 Å². The Labute approximate surface area is 139 Å². The summed E-state index contributed by atoms with van der Waals surface area (Å²) in [5.74, 6) is -0.367. The first-order chi connectivity index (χ1) is 11.5. The topological polar surface area (TPSA) is 104 Å². The van der Waals surface area contributed by atoms with Crippen LogP contribution in [0.2, 0.25) is 0 Å². The van der Waals surface area contributed by atoms with Gasteiger partial charge < -0.3 is 15.7 Å². The summed E-state index contributed by atoms with van der Waals surface area (Å²) in [6, 6.07) is 11.9. The molecule has 0 radical (unpaired) electrons. The van der Waals surface area contributed by atoms with Crippen LogP contribution in [0.25, 0.3) is 0 Å². The molecule has 2 aromatic carbocycles. The molecule has 0 fully saturated rings. The summed E-state index contributed by atoms with van der Waals surface area (Å²) in [6.45, 7) is 0.515. The van der Waals surface area contributed by atoms with E-state index in [1.165, 1.54) is 19.2 Å². The van der Waals surface area contributed by atoms with E-state index < -0.39 is 4.92 Å². The Morgan fingerprint density at radius 1 is 1.17 bits per heavy atom. The van der Waals surface area contributed by atoms with Crippen LogP contribution in [0.4, 0.5) is 11.4 Å². The molecule has 0 saturated heterocycles. The number of nitrogens with one attached hydrogen (secondary N) is 2. The number of amides is 1. The molecule has 2 aromatic rings. The van der Waals surface area contributed by atoms with E-state index in [0.29, 0.717) is 18.7 Å². The third kappa shape index (κ3) is 4.30. The molecule has 24 heavy (non-hydrogen) atoms. The summed E-state index contributed by atoms with van der Waals surface area (Å²) in [5, 5.41) is 25.7. The predicted octanol–water partition coefficient (Wildman–Crippen LogP) is 2.10. The zero-order valence-corrected chi connectivity index (χ0v) is 13.3. The van der Waals surface area contributed by atoms with Crippen molar-refractivity contribution in [3.8, 4) is 0 Å². The van der Waals surface area contributed by atoms with Crippen molar-refractivity contribution in [2.24, 2.45) is 0 Å². The zero-order chi connectivity index (χ0) is 17.5. The summed E-state index contributed by atoms with van der Waals surface area (Å²) in [7, 11) is 1.47. The van der Waals surface area contributed by atoms with E-state index in [1.807, 2.05) is 24.3 Å². The number of nitro benzene ring substituents is 1. The van der Waals surface area contributed by atoms with Crippen LogP contribution in [0.1, 0.15) is 21.5 Å². The van der Waals surface area contributed by atoms with Crippen molar-refractivity contribution < 1.29 is 14.8 Å². The number of aliphatic hydroxyl groups is 1. The van der Waals surface area contributed by atoms with Crippen molar-refractivity contribution in [3.63, 3.8) is 0 Å². The fraction of sp³-hybridized carbons (Fsp3) is 0.235. The Bertz CT molecular complexity index is 729. The van der Waals surface area contributed by atoms with Crippen LogP contribution >= 0.6 is 0 Å². The number of aliphatic hydroxyl groups excluding tert-OH is 1. The maximum absolute atomic E-state index is 11.6. The molecule has 0 aromatic heterocycles. The van der Waals surface area contributed by atoms with Gasteiger partial charge >= 0.3 is 0 Å². The van der Waals surface area contributed by atoms with Gasteiger partial charge in [0, 0.05) is 25.2 Å². The third-order valence-corrected chi connectivity index (χ3v) is 3.62. The average molecular weight is 329 g/mol. The van der Waals surface area contributed by atoms with Gasteiger partial charge in [0.25, 0.3) is 11.6 Å². The minimum Gasteiger partial charge on any atom is -0.392 e. The smallest absolute Gasteiger partial charge is 0.293 e. The van der Waals surface area contributed by atoms with Crippen LogP contribution in [0, 0.1) is 10.1 Å². The molecule has 0 heterocycles. The monoisotopic (exact) mass is 329 g/mol. The van der Waals surface area contributed by atoms with Crippen molar-refractivity contribution in [1.82, 2.24) is 5.32 Å². The highest BCUT2D eigenvalue weighted by Crippen LogP contribution is 2.25. The molecular weight excluding hydrogens is 310 g/mol. The van der Waals surface area contributed by atoms with E-state index in [4.69, 9.17) is 5.11 Å². The molecular formula is C17H19N3O4. The lowest BCUT2D eigenvalue weighted by atomic mass is 10.1. The second-order valence-corrected chi connectivity index (χ2v) is 5.22. The van der Waals surface area contributed by atoms with Crippen molar-refractivity contribution in [2.45, 2.75) is 13.0 Å². The standard InChI is InChI=1S/C17H19N3O4/c1-18-17(22)14-6-7-15(16(10-14)20(23)24)19-9-8-12-2-4-13(11-21)5-3-12/h2-7,10,19,21H,8-9,11H2,1H3,(H,18,22). The van der Waals surface area contributed by atoms with Crippen LogP contribution in [0.5, 0.6) is 0 Å². The lowest BCUT2D eigenvalue weighted by Gasteiger charge is -2.09. The molecule has 0 spiro atoms. The molecule has 3 N–H and O–H groups in total. The van der Waals surface area contributed by atoms with Crippen LogP contribution < -0.4 is 10.6 Å². The Morgan fingerprint density at radius 2 is 1.83 bits per heavy atom. The second kappa shape index (κ2) is 8.07. The van der Waals surface area contributed by atoms with Crippen molar-refractivity contribution in [3.05, 3.63) is 69.3 Å². The summed E-state index contributed by atoms with van der Waals surface area (Å²) < 4.78 is 0. The first kappa shape index (κ1) is 17.4.